The molecule has 4 aromatic rings. The van der Waals surface area contributed by atoms with Crippen LogP contribution in [0.25, 0.3) is 0 Å². The van der Waals surface area contributed by atoms with Crippen LogP contribution in [0.2, 0.25) is 0 Å². The fourth-order valence-corrected chi connectivity index (χ4v) is 5.38. The summed E-state index contributed by atoms with van der Waals surface area (Å²) in [5.74, 6) is -1.75. The number of aromatic nitrogens is 1. The molecule has 0 aliphatic carbocycles. The van der Waals surface area contributed by atoms with E-state index >= 15 is 0 Å². The Morgan fingerprint density at radius 2 is 1.65 bits per heavy atom. The molecule has 0 bridgehead atoms. The summed E-state index contributed by atoms with van der Waals surface area (Å²) in [6, 6.07) is 14.9. The highest BCUT2D eigenvalue weighted by Crippen LogP contribution is 2.39. The molecule has 1 aliphatic heterocycles. The van der Waals surface area contributed by atoms with E-state index in [1.54, 1.807) is 48.5 Å². The number of carbonyl (C=O) groups excluding carboxylic acids is 2. The molecule has 1 unspecified atom stereocenters. The number of nitrogens with one attached hydrogen (secondary N) is 4. The molecule has 0 saturated heterocycles. The van der Waals surface area contributed by atoms with Crippen molar-refractivity contribution in [1.82, 2.24) is 15.3 Å². The largest absolute Gasteiger partial charge is 0.478 e. The third-order valence-corrected chi connectivity index (χ3v) is 7.24. The molecule has 2 aromatic heterocycles. The zero-order valence-electron chi connectivity index (χ0n) is 19.2. The lowest BCUT2D eigenvalue weighted by Gasteiger charge is -2.24. The van der Waals surface area contributed by atoms with Gasteiger partial charge in [0.2, 0.25) is 0 Å². The van der Waals surface area contributed by atoms with E-state index in [0.29, 0.717) is 40.2 Å². The van der Waals surface area contributed by atoms with Gasteiger partial charge in [0.25, 0.3) is 11.8 Å². The fraction of sp³-hybridized carbons (Fsp3) is 0.160. The summed E-state index contributed by atoms with van der Waals surface area (Å²) in [5, 5.41) is 18.8. The standard InChI is InChI=1S/C25H21N5O6S/c31-20(14-6-8-15(9-7-14)28-21(32)13-4-2-1-3-5-13)27-12-17-19-16(10-11-26-17)18(25(35)36)22(37-19)29-30-23(33)24(30)34/h1-9,17,26,29H,10-12H2,(H,27,31)(H,28,32)(H,35,36). The average molecular weight is 520 g/mol. The van der Waals surface area contributed by atoms with E-state index in [2.05, 4.69) is 21.4 Å². The number of carboxylic acids is 1. The molecule has 0 saturated carbocycles. The van der Waals surface area contributed by atoms with Gasteiger partial charge in [-0.15, -0.1) is 11.3 Å². The molecule has 2 amide bonds. The molecular weight excluding hydrogens is 498 g/mol. The van der Waals surface area contributed by atoms with Crippen molar-refractivity contribution in [3.63, 3.8) is 0 Å². The maximum absolute atomic E-state index is 12.7. The van der Waals surface area contributed by atoms with E-state index in [0.717, 1.165) is 16.0 Å². The topological polar surface area (TPSA) is 159 Å². The third kappa shape index (κ3) is 4.92. The molecule has 12 heteroatoms. The SMILES string of the molecule is O=C(NCC1NCCc2c1sc(Nn1c(=O)c1=O)c2C(=O)O)c1ccc(NC(=O)c2ccccc2)cc1. The predicted molar refractivity (Wildman–Crippen MR) is 137 cm³/mol. The van der Waals surface area contributed by atoms with Gasteiger partial charge in [-0.2, -0.15) is 4.68 Å². The first-order chi connectivity index (χ1) is 17.8. The zero-order valence-corrected chi connectivity index (χ0v) is 20.1. The first-order valence-corrected chi connectivity index (χ1v) is 12.2. The third-order valence-electron chi connectivity index (χ3n) is 5.99. The van der Waals surface area contributed by atoms with E-state index < -0.39 is 17.1 Å². The minimum Gasteiger partial charge on any atom is -0.478 e. The van der Waals surface area contributed by atoms with Crippen molar-refractivity contribution in [2.45, 2.75) is 12.5 Å². The van der Waals surface area contributed by atoms with Crippen LogP contribution in [0.1, 0.15) is 47.6 Å². The Hall–Kier alpha value is -4.55. The number of nitrogens with zero attached hydrogens (tertiary/aromatic N) is 1. The number of benzene rings is 2. The minimum atomic E-state index is -1.16. The monoisotopic (exact) mass is 519 g/mol. The quantitative estimate of drug-likeness (QED) is 0.220. The van der Waals surface area contributed by atoms with Gasteiger partial charge in [-0.25, -0.2) is 4.79 Å². The van der Waals surface area contributed by atoms with Crippen LogP contribution < -0.4 is 32.5 Å². The molecule has 0 fully saturated rings. The molecule has 11 nitrogen and oxygen atoms in total. The van der Waals surface area contributed by atoms with Crippen molar-refractivity contribution in [2.24, 2.45) is 0 Å². The van der Waals surface area contributed by atoms with Crippen LogP contribution in [0.15, 0.2) is 64.2 Å². The van der Waals surface area contributed by atoms with Gasteiger partial charge in [0.1, 0.15) is 5.00 Å². The molecule has 5 N–H and O–H groups in total. The van der Waals surface area contributed by atoms with Gasteiger partial charge >= 0.3 is 17.1 Å². The van der Waals surface area contributed by atoms with Crippen molar-refractivity contribution in [2.75, 3.05) is 23.8 Å². The molecule has 3 heterocycles. The molecule has 188 valence electrons. The van der Waals surface area contributed by atoms with E-state index in [1.165, 1.54) is 0 Å². The van der Waals surface area contributed by atoms with Gasteiger partial charge in [-0.1, -0.05) is 18.2 Å². The van der Waals surface area contributed by atoms with Gasteiger partial charge in [0.05, 0.1) is 11.6 Å². The summed E-state index contributed by atoms with van der Waals surface area (Å²) in [6.45, 7) is 0.695. The van der Waals surface area contributed by atoms with Gasteiger partial charge in [-0.05, 0) is 54.9 Å². The second kappa shape index (κ2) is 9.84. The summed E-state index contributed by atoms with van der Waals surface area (Å²) >= 11 is 1.13. The summed E-state index contributed by atoms with van der Waals surface area (Å²) < 4.78 is 0.764. The predicted octanol–water partition coefficient (Wildman–Crippen LogP) is 1.59. The number of hydrogen-bond acceptors (Lipinski definition) is 8. The van der Waals surface area contributed by atoms with Crippen LogP contribution in [0.4, 0.5) is 10.7 Å². The Morgan fingerprint density at radius 1 is 0.973 bits per heavy atom. The normalized spacial score (nSPS) is 14.6. The van der Waals surface area contributed by atoms with Crippen molar-refractivity contribution >= 4 is 39.8 Å². The zero-order chi connectivity index (χ0) is 26.1. The Kier molecular flexibility index (Phi) is 6.42. The summed E-state index contributed by atoms with van der Waals surface area (Å²) in [4.78, 5) is 60.4. The highest BCUT2D eigenvalue weighted by molar-refractivity contribution is 7.16. The van der Waals surface area contributed by atoms with Crippen LogP contribution in [0.3, 0.4) is 0 Å². The van der Waals surface area contributed by atoms with Crippen LogP contribution >= 0.6 is 11.3 Å². The number of aromatic carboxylic acids is 1. The fourth-order valence-electron chi connectivity index (χ4n) is 4.08. The minimum absolute atomic E-state index is 0.0264. The summed E-state index contributed by atoms with van der Waals surface area (Å²) in [7, 11) is 0. The number of rotatable bonds is 8. The maximum Gasteiger partial charge on any atom is 0.340 e. The number of hydrogen-bond donors (Lipinski definition) is 5. The number of carboxylic acid groups (broad SMARTS) is 1. The van der Waals surface area contributed by atoms with Crippen molar-refractivity contribution < 1.29 is 19.5 Å². The maximum atomic E-state index is 12.7. The Labute approximate surface area is 213 Å². The highest BCUT2D eigenvalue weighted by atomic mass is 32.1. The second-order valence-corrected chi connectivity index (χ2v) is 9.43. The first kappa shape index (κ1) is 24.2. The van der Waals surface area contributed by atoms with E-state index in [4.69, 9.17) is 0 Å². The molecule has 37 heavy (non-hydrogen) atoms. The summed E-state index contributed by atoms with van der Waals surface area (Å²) in [5.41, 5.74) is 3.24. The van der Waals surface area contributed by atoms with Crippen LogP contribution in [-0.4, -0.2) is 40.7 Å². The lowest BCUT2D eigenvalue weighted by molar-refractivity contribution is 0.0696. The molecule has 2 aromatic carbocycles. The second-order valence-electron chi connectivity index (χ2n) is 8.38. The van der Waals surface area contributed by atoms with Gasteiger partial charge in [0.15, 0.2) is 0 Å². The Morgan fingerprint density at radius 3 is 2.30 bits per heavy atom. The van der Waals surface area contributed by atoms with Crippen LogP contribution in [0.5, 0.6) is 0 Å². The molecule has 0 radical (unpaired) electrons. The van der Waals surface area contributed by atoms with Gasteiger partial charge in [-0.3, -0.25) is 24.6 Å². The number of fused-ring (bicyclic) bond motifs is 1. The van der Waals surface area contributed by atoms with Crippen LogP contribution in [0, 0.1) is 0 Å². The van der Waals surface area contributed by atoms with E-state index in [-0.39, 0.29) is 35.0 Å². The number of anilines is 2. The average Bonchev–Trinajstić information content (AvgIpc) is 3.29. The Balaban J connectivity index is 1.25. The lowest BCUT2D eigenvalue weighted by Crippen LogP contribution is -2.38. The Bertz CT molecular complexity index is 1540. The van der Waals surface area contributed by atoms with Gasteiger partial charge in [0, 0.05) is 28.2 Å². The molecule has 5 rings (SSSR count). The number of carbonyl (C=O) groups is 3. The molecule has 0 spiro atoms. The number of amides is 2. The number of thiophene rings is 1. The van der Waals surface area contributed by atoms with E-state index in [9.17, 15) is 29.1 Å². The lowest BCUT2D eigenvalue weighted by atomic mass is 9.99. The van der Waals surface area contributed by atoms with Crippen molar-refractivity contribution in [3.05, 3.63) is 102 Å². The smallest absolute Gasteiger partial charge is 0.340 e. The summed E-state index contributed by atoms with van der Waals surface area (Å²) in [6.07, 6.45) is 0.456. The first-order valence-electron chi connectivity index (χ1n) is 11.4. The van der Waals surface area contributed by atoms with Gasteiger partial charge < -0.3 is 21.1 Å². The molecule has 1 atom stereocenters. The molecular formula is C25H21N5O6S. The molecule has 1 aliphatic rings. The van der Waals surface area contributed by atoms with Crippen LogP contribution in [-0.2, 0) is 6.42 Å². The van der Waals surface area contributed by atoms with Crippen molar-refractivity contribution in [3.8, 4) is 0 Å². The van der Waals surface area contributed by atoms with E-state index in [1.807, 2.05) is 6.07 Å². The highest BCUT2D eigenvalue weighted by Gasteiger charge is 2.32. The van der Waals surface area contributed by atoms with Crippen molar-refractivity contribution in [1.29, 1.82) is 0 Å².